The molecule has 2 aromatic heterocycles. The molecule has 4 aromatic rings. The van der Waals surface area contributed by atoms with Crippen LogP contribution in [-0.4, -0.2) is 140 Å². The third-order valence-electron chi connectivity index (χ3n) is 12.1. The Balaban J connectivity index is 1.41. The first-order chi connectivity index (χ1) is 36.4. The molecule has 3 heterocycles. The van der Waals surface area contributed by atoms with E-state index in [0.717, 1.165) is 35.9 Å². The molecular formula is C53H63F2N11O11. The van der Waals surface area contributed by atoms with Gasteiger partial charge >= 0.3 is 0 Å². The van der Waals surface area contributed by atoms with Crippen LogP contribution in [0.1, 0.15) is 70.3 Å². The van der Waals surface area contributed by atoms with Gasteiger partial charge in [0.2, 0.25) is 47.3 Å². The Bertz CT molecular complexity index is 2840. The van der Waals surface area contributed by atoms with Crippen molar-refractivity contribution < 1.29 is 61.8 Å². The van der Waals surface area contributed by atoms with Gasteiger partial charge in [0.15, 0.2) is 0 Å². The highest BCUT2D eigenvalue weighted by Gasteiger charge is 2.39. The predicted molar refractivity (Wildman–Crippen MR) is 274 cm³/mol. The number of rotatable bonds is 26. The zero-order chi connectivity index (χ0) is 56.6. The number of aromatic nitrogens is 2. The summed E-state index contributed by atoms with van der Waals surface area (Å²) in [6, 6.07) is 10.2. The lowest BCUT2D eigenvalue weighted by Crippen LogP contribution is -2.58. The van der Waals surface area contributed by atoms with E-state index < -0.39 is 132 Å². The monoisotopic (exact) mass is 1070 g/mol. The number of imide groups is 1. The van der Waals surface area contributed by atoms with Gasteiger partial charge < -0.3 is 52.2 Å². The van der Waals surface area contributed by atoms with Crippen LogP contribution < -0.4 is 37.6 Å². The number of nitrogens with two attached hydrogens (primary N) is 1. The summed E-state index contributed by atoms with van der Waals surface area (Å²) in [6.45, 7) is 5.71. The van der Waals surface area contributed by atoms with Crippen LogP contribution in [0, 0.1) is 17.0 Å². The van der Waals surface area contributed by atoms with Crippen LogP contribution >= 0.6 is 0 Å². The van der Waals surface area contributed by atoms with E-state index in [4.69, 9.17) is 5.73 Å². The number of benzene rings is 2. The summed E-state index contributed by atoms with van der Waals surface area (Å²) in [4.78, 5) is 136. The van der Waals surface area contributed by atoms with Crippen molar-refractivity contribution in [2.24, 2.45) is 11.1 Å². The number of halogens is 2. The summed E-state index contributed by atoms with van der Waals surface area (Å²) in [7, 11) is 0. The van der Waals surface area contributed by atoms with Crippen LogP contribution in [0.5, 0.6) is 0 Å². The Labute approximate surface area is 442 Å². The van der Waals surface area contributed by atoms with Gasteiger partial charge in [0.1, 0.15) is 49.0 Å². The van der Waals surface area contributed by atoms with Crippen molar-refractivity contribution in [1.29, 1.82) is 0 Å². The van der Waals surface area contributed by atoms with Crippen LogP contribution in [-0.2, 0) is 60.9 Å². The number of hydrogen-bond acceptors (Lipinski definition) is 12. The predicted octanol–water partition coefficient (Wildman–Crippen LogP) is 0.429. The lowest BCUT2D eigenvalue weighted by molar-refractivity contribution is -0.141. The Morgan fingerprint density at radius 1 is 0.740 bits per heavy atom. The van der Waals surface area contributed by atoms with Crippen molar-refractivity contribution >= 4 is 59.1 Å². The number of nitrogens with zero attached hydrogens (tertiary/aromatic N) is 4. The number of pyridine rings is 1. The second-order valence-electron chi connectivity index (χ2n) is 19.3. The van der Waals surface area contributed by atoms with E-state index in [-0.39, 0.29) is 43.7 Å². The Morgan fingerprint density at radius 3 is 2.00 bits per heavy atom. The molecule has 77 heavy (non-hydrogen) atoms. The number of primary amides is 1. The summed E-state index contributed by atoms with van der Waals surface area (Å²) >= 11 is 0. The van der Waals surface area contributed by atoms with Gasteiger partial charge in [-0.05, 0) is 73.2 Å². The molecule has 0 spiro atoms. The van der Waals surface area contributed by atoms with Gasteiger partial charge in [-0.2, -0.15) is 0 Å². The fraction of sp³-hybridized carbons (Fsp3) is 0.377. The maximum Gasteiger partial charge on any atom is 0.254 e. The van der Waals surface area contributed by atoms with E-state index in [1.165, 1.54) is 31.1 Å². The number of aliphatic hydroxyl groups excluding tert-OH is 1. The number of carbonyl (C=O) groups is 10. The first kappa shape index (κ1) is 59.2. The summed E-state index contributed by atoms with van der Waals surface area (Å²) in [5.41, 5.74) is 6.66. The molecule has 5 atom stereocenters. The molecule has 0 bridgehead atoms. The minimum absolute atomic E-state index is 0.0595. The van der Waals surface area contributed by atoms with Gasteiger partial charge in [-0.1, -0.05) is 51.1 Å². The molecule has 2 aromatic carbocycles. The largest absolute Gasteiger partial charge is 0.387 e. The van der Waals surface area contributed by atoms with E-state index >= 15 is 4.39 Å². The maximum atomic E-state index is 15.4. The highest BCUT2D eigenvalue weighted by molar-refractivity contribution is 6.14. The summed E-state index contributed by atoms with van der Waals surface area (Å²) in [6.07, 6.45) is 5.35. The Morgan fingerprint density at radius 2 is 1.36 bits per heavy atom. The number of carbonyl (C=O) groups excluding carboxylic acids is 10. The molecule has 0 unspecified atom stereocenters. The molecule has 0 aliphatic carbocycles. The van der Waals surface area contributed by atoms with Gasteiger partial charge in [0.25, 0.3) is 11.8 Å². The average Bonchev–Trinajstić information content (AvgIpc) is 3.93. The molecule has 0 saturated carbocycles. The molecule has 5 rings (SSSR count). The molecule has 410 valence electrons. The fourth-order valence-electron chi connectivity index (χ4n) is 8.36. The van der Waals surface area contributed by atoms with E-state index in [1.54, 1.807) is 49.7 Å². The van der Waals surface area contributed by atoms with Crippen molar-refractivity contribution in [3.63, 3.8) is 0 Å². The summed E-state index contributed by atoms with van der Waals surface area (Å²) in [5.74, 6) is -9.66. The third-order valence-corrected chi connectivity index (χ3v) is 12.1. The maximum absolute atomic E-state index is 15.4. The first-order valence-electron chi connectivity index (χ1n) is 24.5. The topological polar surface area (TPSA) is 313 Å². The fourth-order valence-corrected chi connectivity index (χ4v) is 8.36. The molecule has 10 amide bonds. The van der Waals surface area contributed by atoms with Crippen molar-refractivity contribution in [3.05, 3.63) is 126 Å². The molecule has 9 N–H and O–H groups in total. The second kappa shape index (κ2) is 27.2. The first-order valence-corrected chi connectivity index (χ1v) is 24.5. The van der Waals surface area contributed by atoms with Crippen LogP contribution in [0.3, 0.4) is 0 Å². The van der Waals surface area contributed by atoms with Crippen molar-refractivity contribution in [2.45, 2.75) is 90.6 Å². The van der Waals surface area contributed by atoms with Gasteiger partial charge in [-0.25, -0.2) is 8.78 Å². The average molecular weight is 1070 g/mol. The highest BCUT2D eigenvalue weighted by atomic mass is 19.1. The van der Waals surface area contributed by atoms with E-state index in [1.807, 2.05) is 30.3 Å². The standard InChI is InChI=1S/C53H63F2N11O11/c1-31(60-43(69)23-33-15-18-57-19-16-33)49(74)61-32(2)50(75)63-40(26-42(56)68)52(77)62-39(51(76)59-21-20-58-44(70)29-66-45(71)13-14-46(66)72)17-22-65(47(73)30-67)48(53(3,4)5)41-24-35(37-25-36(54)11-12-38(37)55)28-64(41)27-34-9-7-6-8-10-34/h6-16,18-19,24-25,28,31-32,39-40,48,67H,17,20-23,26-27,29-30H2,1-5H3,(H2,56,68)(H,58,70)(H,59,76)(H,60,69)(H,61,74)(H,62,77)(H,63,75)/t31-,32-,39-,40-,48-/m0/s1. The third kappa shape index (κ3) is 17.2. The molecule has 1 aliphatic heterocycles. The highest BCUT2D eigenvalue weighted by Crippen LogP contribution is 2.41. The molecule has 0 radical (unpaired) electrons. The molecular weight excluding hydrogens is 1000 g/mol. The number of aliphatic hydroxyl groups is 1. The smallest absolute Gasteiger partial charge is 0.254 e. The molecule has 0 saturated heterocycles. The zero-order valence-corrected chi connectivity index (χ0v) is 43.1. The van der Waals surface area contributed by atoms with Crippen molar-refractivity contribution in [1.82, 2.24) is 51.3 Å². The minimum atomic E-state index is -1.75. The van der Waals surface area contributed by atoms with Gasteiger partial charge in [-0.15, -0.1) is 0 Å². The van der Waals surface area contributed by atoms with Crippen LogP contribution in [0.25, 0.3) is 11.1 Å². The number of amides is 10. The van der Waals surface area contributed by atoms with E-state index in [2.05, 4.69) is 36.9 Å². The van der Waals surface area contributed by atoms with Gasteiger partial charge in [0, 0.05) is 73.7 Å². The van der Waals surface area contributed by atoms with Crippen LogP contribution in [0.2, 0.25) is 0 Å². The van der Waals surface area contributed by atoms with Crippen molar-refractivity contribution in [2.75, 3.05) is 32.8 Å². The van der Waals surface area contributed by atoms with Gasteiger partial charge in [-0.3, -0.25) is 57.8 Å². The second-order valence-corrected chi connectivity index (χ2v) is 19.3. The van der Waals surface area contributed by atoms with E-state index in [0.29, 0.717) is 16.2 Å². The zero-order valence-electron chi connectivity index (χ0n) is 43.1. The lowest BCUT2D eigenvalue weighted by Gasteiger charge is -2.41. The van der Waals surface area contributed by atoms with Crippen molar-refractivity contribution in [3.8, 4) is 11.1 Å². The normalized spacial score (nSPS) is 14.1. The van der Waals surface area contributed by atoms with Crippen LogP contribution in [0.15, 0.2) is 97.5 Å². The van der Waals surface area contributed by atoms with Gasteiger partial charge in [0.05, 0.1) is 18.9 Å². The number of nitrogens with one attached hydrogen (secondary N) is 6. The van der Waals surface area contributed by atoms with E-state index in [9.17, 15) is 57.4 Å². The van der Waals surface area contributed by atoms with Crippen LogP contribution in [0.4, 0.5) is 8.78 Å². The summed E-state index contributed by atoms with van der Waals surface area (Å²) < 4.78 is 31.8. The lowest BCUT2D eigenvalue weighted by atomic mass is 9.82. The Hall–Kier alpha value is -8.67. The molecule has 22 nitrogen and oxygen atoms in total. The number of hydrogen-bond donors (Lipinski definition) is 8. The minimum Gasteiger partial charge on any atom is -0.387 e. The molecule has 0 fully saturated rings. The Kier molecular flexibility index (Phi) is 20.9. The quantitative estimate of drug-likeness (QED) is 0.0314. The SMILES string of the molecule is C[C@H](NC(=O)Cc1ccncc1)C(=O)N[C@@H](C)C(=O)N[C@@H](CC(N)=O)C(=O)N[C@@H](CCN(C(=O)CO)[C@@H](c1cc(-c2cc(F)ccc2F)cn1Cc1ccccc1)C(C)(C)C)C(=O)NCCNC(=O)CN1C(=O)C=CC1=O. The molecule has 1 aliphatic rings. The molecule has 24 heteroatoms. The summed E-state index contributed by atoms with van der Waals surface area (Å²) in [5, 5.41) is 25.3.